The molecule has 3 N–H and O–H groups in total. The number of ether oxygens (including phenoxy) is 1. The Morgan fingerprint density at radius 2 is 2.08 bits per heavy atom. The van der Waals surface area contributed by atoms with Gasteiger partial charge in [0.15, 0.2) is 0 Å². The Labute approximate surface area is 149 Å². The van der Waals surface area contributed by atoms with Gasteiger partial charge in [-0.3, -0.25) is 14.7 Å². The lowest BCUT2D eigenvalue weighted by Crippen LogP contribution is -2.33. The van der Waals surface area contributed by atoms with Crippen molar-refractivity contribution in [2.24, 2.45) is 0 Å². The van der Waals surface area contributed by atoms with Gasteiger partial charge in [0.2, 0.25) is 11.8 Å². The molecule has 7 nitrogen and oxygen atoms in total. The number of H-pyrrole nitrogens is 1. The van der Waals surface area contributed by atoms with Gasteiger partial charge in [-0.25, -0.2) is 0 Å². The van der Waals surface area contributed by atoms with Crippen molar-refractivity contribution in [3.05, 3.63) is 59.8 Å². The number of hydrogen-bond acceptors (Lipinski definition) is 4. The summed E-state index contributed by atoms with van der Waals surface area (Å²) in [6.07, 6.45) is 1.66. The zero-order chi connectivity index (χ0) is 17.9. The number of aromatic nitrogens is 2. The standard InChI is InChI=1S/C19H18N4O3/c24-18(8-17-15-4-2-1-3-13(15)11-26-17)20-10-19(25)22-14-6-5-12-9-21-23-16(12)7-14/h1-7,9,17H,8,10-11H2,(H,20,24)(H,21,23)(H,22,25). The highest BCUT2D eigenvalue weighted by atomic mass is 16.5. The smallest absolute Gasteiger partial charge is 0.243 e. The number of nitrogens with one attached hydrogen (secondary N) is 3. The Kier molecular flexibility index (Phi) is 4.37. The molecular formula is C19H18N4O3. The summed E-state index contributed by atoms with van der Waals surface area (Å²) < 4.78 is 5.66. The van der Waals surface area contributed by atoms with Crippen LogP contribution in [0.25, 0.3) is 10.9 Å². The summed E-state index contributed by atoms with van der Waals surface area (Å²) in [5.74, 6) is -0.504. The first kappa shape index (κ1) is 16.3. The van der Waals surface area contributed by atoms with Crippen LogP contribution in [0.3, 0.4) is 0 Å². The number of anilines is 1. The molecule has 0 saturated heterocycles. The van der Waals surface area contributed by atoms with Crippen LogP contribution in [0.15, 0.2) is 48.7 Å². The lowest BCUT2D eigenvalue weighted by Gasteiger charge is -2.11. The van der Waals surface area contributed by atoms with E-state index in [1.165, 1.54) is 0 Å². The fourth-order valence-electron chi connectivity index (χ4n) is 3.07. The number of nitrogens with zero attached hydrogens (tertiary/aromatic N) is 1. The van der Waals surface area contributed by atoms with Crippen LogP contribution in [0, 0.1) is 0 Å². The molecule has 0 radical (unpaired) electrons. The Balaban J connectivity index is 1.28. The SMILES string of the molecule is O=C(CC1OCc2ccccc21)NCC(=O)Nc1ccc2cn[nH]c2c1. The third-order valence-electron chi connectivity index (χ3n) is 4.38. The van der Waals surface area contributed by atoms with E-state index < -0.39 is 0 Å². The lowest BCUT2D eigenvalue weighted by atomic mass is 10.0. The molecule has 1 aromatic heterocycles. The van der Waals surface area contributed by atoms with Crippen molar-refractivity contribution in [2.75, 3.05) is 11.9 Å². The lowest BCUT2D eigenvalue weighted by molar-refractivity contribution is -0.126. The third-order valence-corrected chi connectivity index (χ3v) is 4.38. The molecule has 0 spiro atoms. The van der Waals surface area contributed by atoms with E-state index in [1.807, 2.05) is 30.3 Å². The van der Waals surface area contributed by atoms with E-state index in [0.29, 0.717) is 12.3 Å². The molecule has 0 fully saturated rings. The molecule has 0 aliphatic carbocycles. The monoisotopic (exact) mass is 350 g/mol. The Hall–Kier alpha value is -3.19. The molecule has 1 unspecified atom stereocenters. The van der Waals surface area contributed by atoms with E-state index in [4.69, 9.17) is 4.74 Å². The summed E-state index contributed by atoms with van der Waals surface area (Å²) >= 11 is 0. The quantitative estimate of drug-likeness (QED) is 0.658. The molecule has 1 aliphatic rings. The summed E-state index contributed by atoms with van der Waals surface area (Å²) in [5, 5.41) is 13.1. The van der Waals surface area contributed by atoms with Crippen LogP contribution < -0.4 is 10.6 Å². The minimum absolute atomic E-state index is 0.0891. The zero-order valence-electron chi connectivity index (χ0n) is 14.0. The number of benzene rings is 2. The van der Waals surface area contributed by atoms with Gasteiger partial charge in [0, 0.05) is 11.1 Å². The minimum Gasteiger partial charge on any atom is -0.368 e. The van der Waals surface area contributed by atoms with Crippen molar-refractivity contribution in [1.29, 1.82) is 0 Å². The van der Waals surface area contributed by atoms with Gasteiger partial charge in [-0.15, -0.1) is 0 Å². The highest BCUT2D eigenvalue weighted by Gasteiger charge is 2.25. The Bertz CT molecular complexity index is 966. The number of hydrogen-bond donors (Lipinski definition) is 3. The number of carbonyl (C=O) groups is 2. The molecule has 2 aromatic carbocycles. The molecule has 2 heterocycles. The summed E-state index contributed by atoms with van der Waals surface area (Å²) in [7, 11) is 0. The van der Waals surface area contributed by atoms with Crippen molar-refractivity contribution in [3.8, 4) is 0 Å². The topological polar surface area (TPSA) is 96.1 Å². The van der Waals surface area contributed by atoms with Gasteiger partial charge in [0.1, 0.15) is 0 Å². The van der Waals surface area contributed by atoms with Crippen LogP contribution in [0.2, 0.25) is 0 Å². The van der Waals surface area contributed by atoms with Crippen LogP contribution >= 0.6 is 0 Å². The molecule has 2 amide bonds. The van der Waals surface area contributed by atoms with E-state index in [9.17, 15) is 9.59 Å². The molecule has 3 aromatic rings. The van der Waals surface area contributed by atoms with Gasteiger partial charge < -0.3 is 15.4 Å². The number of fused-ring (bicyclic) bond motifs is 2. The molecule has 0 bridgehead atoms. The first-order valence-corrected chi connectivity index (χ1v) is 8.38. The van der Waals surface area contributed by atoms with E-state index >= 15 is 0 Å². The fraction of sp³-hybridized carbons (Fsp3) is 0.211. The molecule has 7 heteroatoms. The van der Waals surface area contributed by atoms with Gasteiger partial charge in [-0.2, -0.15) is 5.10 Å². The van der Waals surface area contributed by atoms with E-state index in [1.54, 1.807) is 18.3 Å². The molecule has 26 heavy (non-hydrogen) atoms. The van der Waals surface area contributed by atoms with Crippen molar-refractivity contribution >= 4 is 28.4 Å². The summed E-state index contributed by atoms with van der Waals surface area (Å²) in [6, 6.07) is 13.3. The van der Waals surface area contributed by atoms with E-state index in [-0.39, 0.29) is 30.9 Å². The Morgan fingerprint density at radius 3 is 3.00 bits per heavy atom. The fourth-order valence-corrected chi connectivity index (χ4v) is 3.07. The largest absolute Gasteiger partial charge is 0.368 e. The third kappa shape index (κ3) is 3.43. The zero-order valence-corrected chi connectivity index (χ0v) is 14.0. The predicted octanol–water partition coefficient (Wildman–Crippen LogP) is 2.28. The second-order valence-electron chi connectivity index (χ2n) is 6.20. The molecule has 132 valence electrons. The van der Waals surface area contributed by atoms with Crippen molar-refractivity contribution in [3.63, 3.8) is 0 Å². The summed E-state index contributed by atoms with van der Waals surface area (Å²) in [4.78, 5) is 24.2. The number of carbonyl (C=O) groups excluding carboxylic acids is 2. The van der Waals surface area contributed by atoms with Crippen molar-refractivity contribution in [1.82, 2.24) is 15.5 Å². The van der Waals surface area contributed by atoms with Gasteiger partial charge in [0.25, 0.3) is 0 Å². The van der Waals surface area contributed by atoms with E-state index in [2.05, 4.69) is 20.8 Å². The summed E-state index contributed by atoms with van der Waals surface area (Å²) in [6.45, 7) is 0.429. The van der Waals surface area contributed by atoms with Gasteiger partial charge in [-0.1, -0.05) is 24.3 Å². The van der Waals surface area contributed by atoms with Gasteiger partial charge in [0.05, 0.1) is 37.4 Å². The van der Waals surface area contributed by atoms with Gasteiger partial charge >= 0.3 is 0 Å². The van der Waals surface area contributed by atoms with Crippen LogP contribution in [-0.4, -0.2) is 28.6 Å². The van der Waals surface area contributed by atoms with Crippen LogP contribution in [-0.2, 0) is 20.9 Å². The van der Waals surface area contributed by atoms with Crippen molar-refractivity contribution in [2.45, 2.75) is 19.1 Å². The minimum atomic E-state index is -0.287. The average molecular weight is 350 g/mol. The molecule has 1 atom stereocenters. The highest BCUT2D eigenvalue weighted by Crippen LogP contribution is 2.32. The number of rotatable bonds is 5. The van der Waals surface area contributed by atoms with Crippen LogP contribution in [0.4, 0.5) is 5.69 Å². The van der Waals surface area contributed by atoms with E-state index in [0.717, 1.165) is 22.0 Å². The molecule has 4 rings (SSSR count). The molecule has 1 aliphatic heterocycles. The highest BCUT2D eigenvalue weighted by molar-refractivity contribution is 5.96. The molecular weight excluding hydrogens is 332 g/mol. The predicted molar refractivity (Wildman–Crippen MR) is 96.3 cm³/mol. The van der Waals surface area contributed by atoms with Gasteiger partial charge in [-0.05, 0) is 29.3 Å². The maximum atomic E-state index is 12.1. The number of amides is 2. The first-order valence-electron chi connectivity index (χ1n) is 8.38. The maximum absolute atomic E-state index is 12.1. The van der Waals surface area contributed by atoms with Crippen LogP contribution in [0.1, 0.15) is 23.7 Å². The average Bonchev–Trinajstić information content (AvgIpc) is 3.27. The van der Waals surface area contributed by atoms with Crippen LogP contribution in [0.5, 0.6) is 0 Å². The first-order chi connectivity index (χ1) is 12.7. The Morgan fingerprint density at radius 1 is 1.19 bits per heavy atom. The molecule has 0 saturated carbocycles. The number of aromatic amines is 1. The maximum Gasteiger partial charge on any atom is 0.243 e. The summed E-state index contributed by atoms with van der Waals surface area (Å²) in [5.41, 5.74) is 3.63. The van der Waals surface area contributed by atoms with Crippen molar-refractivity contribution < 1.29 is 14.3 Å². The normalized spacial score (nSPS) is 15.6. The second-order valence-corrected chi connectivity index (χ2v) is 6.20. The second kappa shape index (κ2) is 6.97.